The van der Waals surface area contributed by atoms with Gasteiger partial charge in [0, 0.05) is 6.07 Å². The van der Waals surface area contributed by atoms with Crippen LogP contribution in [0.25, 0.3) is 0 Å². The molecule has 1 heterocycles. The van der Waals surface area contributed by atoms with Crippen molar-refractivity contribution in [3.8, 4) is 0 Å². The van der Waals surface area contributed by atoms with Gasteiger partial charge in [0.05, 0.1) is 11.5 Å². The summed E-state index contributed by atoms with van der Waals surface area (Å²) in [5, 5.41) is 13.5. The van der Waals surface area contributed by atoms with Crippen LogP contribution in [0.15, 0.2) is 18.2 Å². The maximum absolute atomic E-state index is 12.2. The Kier molecular flexibility index (Phi) is 5.25. The van der Waals surface area contributed by atoms with E-state index in [1.807, 2.05) is 6.26 Å². The zero-order valence-corrected chi connectivity index (χ0v) is 13.3. The molecular formula is C13H14ClN3O4S. The van der Waals surface area contributed by atoms with E-state index in [1.54, 1.807) is 17.8 Å². The van der Waals surface area contributed by atoms with Gasteiger partial charge in [-0.05, 0) is 30.1 Å². The van der Waals surface area contributed by atoms with Crippen molar-refractivity contribution < 1.29 is 14.5 Å². The Morgan fingerprint density at radius 2 is 2.18 bits per heavy atom. The first-order chi connectivity index (χ1) is 10.4. The average Bonchev–Trinajstić information content (AvgIpc) is 2.74. The number of nitro groups is 1. The lowest BCUT2D eigenvalue weighted by Gasteiger charge is -2.13. The molecule has 1 aliphatic heterocycles. The molecule has 1 N–H and O–H groups in total. The van der Waals surface area contributed by atoms with Crippen molar-refractivity contribution in [2.45, 2.75) is 19.0 Å². The summed E-state index contributed by atoms with van der Waals surface area (Å²) in [5.41, 5.74) is 0.232. The highest BCUT2D eigenvalue weighted by Crippen LogP contribution is 2.26. The van der Waals surface area contributed by atoms with Gasteiger partial charge in [0.25, 0.3) is 11.6 Å². The number of imide groups is 1. The summed E-state index contributed by atoms with van der Waals surface area (Å²) in [6.07, 6.45) is 2.48. The smallest absolute Gasteiger partial charge is 0.325 e. The molecule has 1 atom stereocenters. The Bertz CT molecular complexity index is 625. The van der Waals surface area contributed by atoms with Gasteiger partial charge in [-0.1, -0.05) is 17.7 Å². The summed E-state index contributed by atoms with van der Waals surface area (Å²) in [5.74, 6) is 0.452. The zero-order chi connectivity index (χ0) is 16.3. The van der Waals surface area contributed by atoms with Crippen LogP contribution in [0, 0.1) is 10.1 Å². The van der Waals surface area contributed by atoms with Gasteiger partial charge >= 0.3 is 6.03 Å². The largest absolute Gasteiger partial charge is 0.326 e. The maximum atomic E-state index is 12.2. The van der Waals surface area contributed by atoms with Gasteiger partial charge in [-0.15, -0.1) is 0 Å². The molecule has 0 bridgehead atoms. The third-order valence-corrected chi connectivity index (χ3v) is 4.23. The number of urea groups is 1. The molecule has 1 aromatic rings. The van der Waals surface area contributed by atoms with Crippen molar-refractivity contribution in [1.82, 2.24) is 10.2 Å². The second kappa shape index (κ2) is 6.97. The Morgan fingerprint density at radius 3 is 2.82 bits per heavy atom. The van der Waals surface area contributed by atoms with Crippen LogP contribution in [-0.4, -0.2) is 39.8 Å². The van der Waals surface area contributed by atoms with E-state index in [9.17, 15) is 19.7 Å². The molecule has 0 spiro atoms. The Morgan fingerprint density at radius 1 is 1.45 bits per heavy atom. The van der Waals surface area contributed by atoms with E-state index in [-0.39, 0.29) is 23.2 Å². The summed E-state index contributed by atoms with van der Waals surface area (Å²) in [6.45, 7) is -0.0154. The fourth-order valence-corrected chi connectivity index (χ4v) is 2.80. The number of carbonyl (C=O) groups is 2. The van der Waals surface area contributed by atoms with Crippen LogP contribution < -0.4 is 5.32 Å². The second-order valence-electron chi connectivity index (χ2n) is 4.75. The summed E-state index contributed by atoms with van der Waals surface area (Å²) >= 11 is 7.33. The van der Waals surface area contributed by atoms with Gasteiger partial charge in [-0.3, -0.25) is 19.8 Å². The van der Waals surface area contributed by atoms with Crippen molar-refractivity contribution in [2.75, 3.05) is 12.0 Å². The van der Waals surface area contributed by atoms with E-state index < -0.39 is 17.0 Å². The molecule has 2 rings (SSSR count). The summed E-state index contributed by atoms with van der Waals surface area (Å²) in [6, 6.07) is 3.22. The number of benzene rings is 1. The van der Waals surface area contributed by atoms with Crippen molar-refractivity contribution in [3.63, 3.8) is 0 Å². The molecule has 0 radical (unpaired) electrons. The van der Waals surface area contributed by atoms with Gasteiger partial charge in [0.1, 0.15) is 11.1 Å². The van der Waals surface area contributed by atoms with Crippen LogP contribution in [0.5, 0.6) is 0 Å². The molecule has 3 amide bonds. The van der Waals surface area contributed by atoms with Crippen molar-refractivity contribution in [2.24, 2.45) is 0 Å². The molecule has 0 aliphatic carbocycles. The standard InChI is InChI=1S/C13H14ClN3O4S/c1-22-5-4-10-12(18)16(13(19)15-10)7-8-2-3-9(14)11(6-8)17(20)21/h2-3,6,10H,4-5,7H2,1H3,(H,15,19)/t10-/m0/s1. The molecule has 9 heteroatoms. The van der Waals surface area contributed by atoms with Gasteiger partial charge in [0.15, 0.2) is 0 Å². The molecule has 0 aromatic heterocycles. The minimum Gasteiger partial charge on any atom is -0.326 e. The first kappa shape index (κ1) is 16.6. The van der Waals surface area contributed by atoms with Crippen LogP contribution in [0.1, 0.15) is 12.0 Å². The van der Waals surface area contributed by atoms with Crippen LogP contribution in [0.3, 0.4) is 0 Å². The number of carbonyl (C=O) groups excluding carboxylic acids is 2. The number of amides is 3. The lowest BCUT2D eigenvalue weighted by Crippen LogP contribution is -2.31. The quantitative estimate of drug-likeness (QED) is 0.486. The predicted molar refractivity (Wildman–Crippen MR) is 84.0 cm³/mol. The highest BCUT2D eigenvalue weighted by Gasteiger charge is 2.37. The number of rotatable bonds is 6. The molecule has 1 fully saturated rings. The average molecular weight is 344 g/mol. The summed E-state index contributed by atoms with van der Waals surface area (Å²) in [4.78, 5) is 35.4. The van der Waals surface area contributed by atoms with Crippen molar-refractivity contribution in [1.29, 1.82) is 0 Å². The third-order valence-electron chi connectivity index (χ3n) is 3.27. The Hall–Kier alpha value is -1.80. The fourth-order valence-electron chi connectivity index (χ4n) is 2.14. The maximum Gasteiger partial charge on any atom is 0.325 e. The van der Waals surface area contributed by atoms with E-state index >= 15 is 0 Å². The van der Waals surface area contributed by atoms with E-state index in [0.29, 0.717) is 12.0 Å². The van der Waals surface area contributed by atoms with E-state index in [1.165, 1.54) is 12.1 Å². The first-order valence-electron chi connectivity index (χ1n) is 6.47. The van der Waals surface area contributed by atoms with Crippen LogP contribution in [0.2, 0.25) is 5.02 Å². The molecule has 1 aromatic carbocycles. The number of nitrogens with one attached hydrogen (secondary N) is 1. The topological polar surface area (TPSA) is 92.6 Å². The van der Waals surface area contributed by atoms with E-state index in [2.05, 4.69) is 5.32 Å². The molecule has 0 saturated carbocycles. The van der Waals surface area contributed by atoms with E-state index in [4.69, 9.17) is 11.6 Å². The molecule has 0 unspecified atom stereocenters. The molecular weight excluding hydrogens is 330 g/mol. The minimum absolute atomic E-state index is 0.0154. The monoisotopic (exact) mass is 343 g/mol. The minimum atomic E-state index is -0.598. The number of thioether (sulfide) groups is 1. The number of hydrogen-bond donors (Lipinski definition) is 1. The van der Waals surface area contributed by atoms with Gasteiger partial charge < -0.3 is 5.32 Å². The first-order valence-corrected chi connectivity index (χ1v) is 8.25. The van der Waals surface area contributed by atoms with Crippen molar-refractivity contribution in [3.05, 3.63) is 38.9 Å². The number of nitrogens with zero attached hydrogens (tertiary/aromatic N) is 2. The molecule has 22 heavy (non-hydrogen) atoms. The Labute approximate surface area is 136 Å². The lowest BCUT2D eigenvalue weighted by molar-refractivity contribution is -0.384. The van der Waals surface area contributed by atoms with Gasteiger partial charge in [-0.25, -0.2) is 4.79 Å². The summed E-state index contributed by atoms with van der Waals surface area (Å²) < 4.78 is 0. The predicted octanol–water partition coefficient (Wildman–Crippen LogP) is 2.42. The van der Waals surface area contributed by atoms with Gasteiger partial charge in [-0.2, -0.15) is 11.8 Å². The lowest BCUT2D eigenvalue weighted by atomic mass is 10.1. The molecule has 1 aliphatic rings. The highest BCUT2D eigenvalue weighted by atomic mass is 35.5. The second-order valence-corrected chi connectivity index (χ2v) is 6.14. The highest BCUT2D eigenvalue weighted by molar-refractivity contribution is 7.98. The third kappa shape index (κ3) is 3.50. The molecule has 118 valence electrons. The zero-order valence-electron chi connectivity index (χ0n) is 11.7. The SMILES string of the molecule is CSCC[C@@H]1NC(=O)N(Cc2ccc(Cl)c([N+](=O)[O-])c2)C1=O. The normalized spacial score (nSPS) is 17.7. The number of nitro benzene ring substituents is 1. The summed E-state index contributed by atoms with van der Waals surface area (Å²) in [7, 11) is 0. The Balaban J connectivity index is 2.13. The number of hydrogen-bond acceptors (Lipinski definition) is 5. The van der Waals surface area contributed by atoms with Crippen LogP contribution >= 0.6 is 23.4 Å². The fraction of sp³-hybridized carbons (Fsp3) is 0.385. The van der Waals surface area contributed by atoms with E-state index in [0.717, 1.165) is 10.7 Å². The van der Waals surface area contributed by atoms with Gasteiger partial charge in [0.2, 0.25) is 0 Å². The molecule has 1 saturated heterocycles. The van der Waals surface area contributed by atoms with Crippen LogP contribution in [0.4, 0.5) is 10.5 Å². The molecule has 7 nitrogen and oxygen atoms in total. The number of halogens is 1. The van der Waals surface area contributed by atoms with Crippen molar-refractivity contribution >= 4 is 41.0 Å². The van der Waals surface area contributed by atoms with Crippen LogP contribution in [-0.2, 0) is 11.3 Å².